The first-order valence-corrected chi connectivity index (χ1v) is 7.49. The van der Waals surface area contributed by atoms with E-state index in [1.165, 1.54) is 19.3 Å². The number of aromatic nitrogens is 1. The van der Waals surface area contributed by atoms with Crippen molar-refractivity contribution in [3.05, 3.63) is 10.6 Å². The average molecular weight is 266 g/mol. The molecule has 0 amide bonds. The van der Waals surface area contributed by atoms with E-state index in [1.54, 1.807) is 11.3 Å². The van der Waals surface area contributed by atoms with Crippen LogP contribution in [0.1, 0.15) is 49.1 Å². The summed E-state index contributed by atoms with van der Waals surface area (Å²) >= 11 is 1.65. The van der Waals surface area contributed by atoms with Crippen LogP contribution < -0.4 is 5.32 Å². The van der Waals surface area contributed by atoms with E-state index in [0.717, 1.165) is 28.0 Å². The van der Waals surface area contributed by atoms with Gasteiger partial charge in [0.15, 0.2) is 5.13 Å². The van der Waals surface area contributed by atoms with E-state index < -0.39 is 5.97 Å². The van der Waals surface area contributed by atoms with Crippen LogP contribution >= 0.6 is 11.3 Å². The Labute approximate surface area is 110 Å². The van der Waals surface area contributed by atoms with E-state index in [9.17, 15) is 4.79 Å². The number of rotatable bonds is 5. The lowest BCUT2D eigenvalue weighted by Crippen LogP contribution is -2.09. The summed E-state index contributed by atoms with van der Waals surface area (Å²) in [7, 11) is 0. The van der Waals surface area contributed by atoms with E-state index in [1.807, 2.05) is 0 Å². The average Bonchev–Trinajstić information content (AvgIpc) is 2.72. The quantitative estimate of drug-likeness (QED) is 0.860. The van der Waals surface area contributed by atoms with Gasteiger partial charge in [0.2, 0.25) is 0 Å². The molecule has 2 aliphatic rings. The Morgan fingerprint density at radius 3 is 3.17 bits per heavy atom. The van der Waals surface area contributed by atoms with Gasteiger partial charge in [-0.2, -0.15) is 0 Å². The lowest BCUT2D eigenvalue weighted by atomic mass is 10.1. The topological polar surface area (TPSA) is 62.2 Å². The molecule has 0 saturated heterocycles. The van der Waals surface area contributed by atoms with Crippen molar-refractivity contribution in [1.29, 1.82) is 0 Å². The van der Waals surface area contributed by atoms with E-state index in [4.69, 9.17) is 5.11 Å². The smallest absolute Gasteiger partial charge is 0.312 e. The van der Waals surface area contributed by atoms with Crippen molar-refractivity contribution in [2.45, 2.75) is 51.0 Å². The maximum absolute atomic E-state index is 11.1. The van der Waals surface area contributed by atoms with Crippen LogP contribution in [0.15, 0.2) is 0 Å². The van der Waals surface area contributed by atoms with Crippen molar-refractivity contribution in [3.63, 3.8) is 0 Å². The van der Waals surface area contributed by atoms with Gasteiger partial charge in [0.25, 0.3) is 0 Å². The zero-order valence-electron chi connectivity index (χ0n) is 10.5. The maximum atomic E-state index is 11.1. The Kier molecular flexibility index (Phi) is 3.01. The third kappa shape index (κ3) is 2.11. The number of anilines is 1. The van der Waals surface area contributed by atoms with Gasteiger partial charge in [-0.05, 0) is 31.6 Å². The van der Waals surface area contributed by atoms with Crippen molar-refractivity contribution in [2.75, 3.05) is 5.32 Å². The monoisotopic (exact) mass is 266 g/mol. The Balaban J connectivity index is 1.66. The van der Waals surface area contributed by atoms with Crippen LogP contribution in [-0.4, -0.2) is 22.1 Å². The minimum Gasteiger partial charge on any atom is -0.481 e. The fourth-order valence-electron chi connectivity index (χ4n) is 2.80. The highest BCUT2D eigenvalue weighted by Gasteiger charge is 2.38. The van der Waals surface area contributed by atoms with Crippen LogP contribution in [0.4, 0.5) is 5.13 Å². The molecule has 2 N–H and O–H groups in total. The normalized spacial score (nSPS) is 29.1. The molecule has 1 saturated carbocycles. The van der Waals surface area contributed by atoms with Gasteiger partial charge in [0.05, 0.1) is 5.69 Å². The summed E-state index contributed by atoms with van der Waals surface area (Å²) in [5, 5.41) is 13.5. The lowest BCUT2D eigenvalue weighted by molar-refractivity contribution is -0.138. The number of thiazole rings is 1. The molecule has 1 fully saturated rings. The molecule has 1 aromatic rings. The van der Waals surface area contributed by atoms with Crippen LogP contribution in [-0.2, 0) is 11.2 Å². The minimum atomic E-state index is -0.735. The zero-order chi connectivity index (χ0) is 12.7. The summed E-state index contributed by atoms with van der Waals surface area (Å²) in [5.41, 5.74) is 0.808. The molecule has 98 valence electrons. The van der Waals surface area contributed by atoms with Crippen molar-refractivity contribution < 1.29 is 9.90 Å². The summed E-state index contributed by atoms with van der Waals surface area (Å²) in [6.45, 7) is 2.21. The molecule has 3 rings (SSSR count). The Morgan fingerprint density at radius 2 is 2.44 bits per heavy atom. The zero-order valence-corrected chi connectivity index (χ0v) is 11.3. The van der Waals surface area contributed by atoms with Crippen molar-refractivity contribution in [1.82, 2.24) is 4.98 Å². The summed E-state index contributed by atoms with van der Waals surface area (Å²) in [4.78, 5) is 16.7. The highest BCUT2D eigenvalue weighted by molar-refractivity contribution is 7.15. The van der Waals surface area contributed by atoms with Gasteiger partial charge in [-0.3, -0.25) is 4.79 Å². The van der Waals surface area contributed by atoms with Crippen molar-refractivity contribution in [2.24, 2.45) is 5.92 Å². The Morgan fingerprint density at radius 1 is 1.61 bits per heavy atom. The molecule has 18 heavy (non-hydrogen) atoms. The summed E-state index contributed by atoms with van der Waals surface area (Å²) in [6, 6.07) is 0.569. The van der Waals surface area contributed by atoms with Crippen molar-refractivity contribution in [3.8, 4) is 0 Å². The Bertz CT molecular complexity index is 472. The standard InChI is InChI=1S/C13H18N2O2S/c1-2-3-7-6-9(7)14-13-15-11-8(12(16)17)4-5-10(11)18-13/h7-9H,2-6H2,1H3,(H,14,15)(H,16,17). The fourth-order valence-corrected chi connectivity index (χ4v) is 3.90. The van der Waals surface area contributed by atoms with Crippen molar-refractivity contribution >= 4 is 22.4 Å². The molecule has 0 spiro atoms. The Hall–Kier alpha value is -1.10. The molecule has 0 aromatic carbocycles. The minimum absolute atomic E-state index is 0.377. The third-order valence-corrected chi connectivity index (χ3v) is 4.97. The van der Waals surface area contributed by atoms with Gasteiger partial charge in [-0.25, -0.2) is 4.98 Å². The van der Waals surface area contributed by atoms with Gasteiger partial charge < -0.3 is 10.4 Å². The molecule has 1 aromatic heterocycles. The lowest BCUT2D eigenvalue weighted by Gasteiger charge is -2.03. The fraction of sp³-hybridized carbons (Fsp3) is 0.692. The van der Waals surface area contributed by atoms with Gasteiger partial charge in [0.1, 0.15) is 5.92 Å². The molecular weight excluding hydrogens is 248 g/mol. The van der Waals surface area contributed by atoms with Crippen LogP contribution in [0.5, 0.6) is 0 Å². The van der Waals surface area contributed by atoms with Gasteiger partial charge in [-0.15, -0.1) is 11.3 Å². The van der Waals surface area contributed by atoms with E-state index >= 15 is 0 Å². The van der Waals surface area contributed by atoms with Crippen LogP contribution in [0.3, 0.4) is 0 Å². The number of hydrogen-bond donors (Lipinski definition) is 2. The van der Waals surface area contributed by atoms with Gasteiger partial charge >= 0.3 is 5.97 Å². The number of nitrogens with zero attached hydrogens (tertiary/aromatic N) is 1. The van der Waals surface area contributed by atoms with E-state index in [0.29, 0.717) is 12.5 Å². The molecule has 0 aliphatic heterocycles. The predicted molar refractivity (Wildman–Crippen MR) is 71.2 cm³/mol. The van der Waals surface area contributed by atoms with Crippen LogP contribution in [0, 0.1) is 5.92 Å². The second-order valence-electron chi connectivity index (χ2n) is 5.29. The molecule has 3 atom stereocenters. The van der Waals surface area contributed by atoms with E-state index in [2.05, 4.69) is 17.2 Å². The molecule has 0 bridgehead atoms. The van der Waals surface area contributed by atoms with Gasteiger partial charge in [0, 0.05) is 10.9 Å². The SMILES string of the molecule is CCCC1CC1Nc1nc2c(s1)CCC2C(=O)O. The predicted octanol–water partition coefficient (Wildman–Crippen LogP) is 2.86. The summed E-state index contributed by atoms with van der Waals surface area (Å²) in [5.74, 6) is -0.317. The molecule has 2 aliphatic carbocycles. The number of carboxylic acids is 1. The summed E-state index contributed by atoms with van der Waals surface area (Å²) in [6.07, 6.45) is 5.33. The highest BCUT2D eigenvalue weighted by atomic mass is 32.1. The second kappa shape index (κ2) is 4.53. The molecule has 0 radical (unpaired) electrons. The van der Waals surface area contributed by atoms with E-state index in [-0.39, 0.29) is 5.92 Å². The first kappa shape index (κ1) is 12.0. The summed E-state index contributed by atoms with van der Waals surface area (Å²) < 4.78 is 0. The largest absolute Gasteiger partial charge is 0.481 e. The second-order valence-corrected chi connectivity index (χ2v) is 6.38. The number of nitrogens with one attached hydrogen (secondary N) is 1. The third-order valence-electron chi connectivity index (χ3n) is 3.91. The highest BCUT2D eigenvalue weighted by Crippen LogP contribution is 2.42. The number of aryl methyl sites for hydroxylation is 1. The van der Waals surface area contributed by atoms with Crippen LogP contribution in [0.2, 0.25) is 0 Å². The molecule has 5 heteroatoms. The number of fused-ring (bicyclic) bond motifs is 1. The molecular formula is C13H18N2O2S. The molecule has 4 nitrogen and oxygen atoms in total. The molecule has 3 unspecified atom stereocenters. The number of carboxylic acid groups (broad SMARTS) is 1. The first-order valence-electron chi connectivity index (χ1n) is 6.68. The maximum Gasteiger partial charge on any atom is 0.312 e. The number of hydrogen-bond acceptors (Lipinski definition) is 4. The first-order chi connectivity index (χ1) is 8.69. The number of aliphatic carboxylic acids is 1. The van der Waals surface area contributed by atoms with Crippen LogP contribution in [0.25, 0.3) is 0 Å². The number of carbonyl (C=O) groups is 1. The van der Waals surface area contributed by atoms with Gasteiger partial charge in [-0.1, -0.05) is 13.3 Å². The molecule has 1 heterocycles.